The van der Waals surface area contributed by atoms with Crippen molar-refractivity contribution in [2.75, 3.05) is 26.3 Å². The third kappa shape index (κ3) is 8.65. The molecule has 0 saturated carbocycles. The Balaban J connectivity index is 1.63. The summed E-state index contributed by atoms with van der Waals surface area (Å²) < 4.78 is 31.1. The lowest BCUT2D eigenvalue weighted by Gasteiger charge is -2.28. The molecule has 1 aliphatic rings. The molecule has 0 amide bonds. The van der Waals surface area contributed by atoms with Crippen LogP contribution in [0.4, 0.5) is 4.39 Å². The molecule has 1 fully saturated rings. The van der Waals surface area contributed by atoms with Crippen LogP contribution in [0.1, 0.15) is 68.9 Å². The van der Waals surface area contributed by atoms with Gasteiger partial charge in [-0.15, -0.1) is 0 Å². The van der Waals surface area contributed by atoms with E-state index < -0.39 is 12.1 Å². The highest BCUT2D eigenvalue weighted by Crippen LogP contribution is 2.31. The number of ether oxygens (including phenoxy) is 3. The maximum atomic E-state index is 14.0. The van der Waals surface area contributed by atoms with Gasteiger partial charge in [-0.3, -0.25) is 4.90 Å². The zero-order valence-corrected chi connectivity index (χ0v) is 23.3. The second kappa shape index (κ2) is 14.4. The van der Waals surface area contributed by atoms with Crippen LogP contribution in [0.5, 0.6) is 5.75 Å². The van der Waals surface area contributed by atoms with E-state index in [0.717, 1.165) is 42.5 Å². The first-order chi connectivity index (χ1) is 18.2. The first-order valence-electron chi connectivity index (χ1n) is 13.6. The lowest BCUT2D eigenvalue weighted by molar-refractivity contribution is -0.137. The van der Waals surface area contributed by atoms with Gasteiger partial charge in [0.15, 0.2) is 0 Å². The van der Waals surface area contributed by atoms with Gasteiger partial charge in [0.05, 0.1) is 31.5 Å². The highest BCUT2D eigenvalue weighted by Gasteiger charge is 2.27. The van der Waals surface area contributed by atoms with Crippen molar-refractivity contribution < 1.29 is 28.5 Å². The summed E-state index contributed by atoms with van der Waals surface area (Å²) in [5, 5.41) is 10.8. The molecular weight excluding hydrogens is 485 g/mol. The zero-order valence-electron chi connectivity index (χ0n) is 23.3. The first-order valence-corrected chi connectivity index (χ1v) is 13.6. The number of nitrogens with zero attached hydrogens (tertiary/aromatic N) is 1. The van der Waals surface area contributed by atoms with Gasteiger partial charge in [0.2, 0.25) is 0 Å². The standard InChI is InChI=1S/C31H42FNO5/c1-6-36-31(35)15-14-28-27(10-7-11-30(28)38-21(2)3)23(5)37-20-26(34)19-33-16-8-9-25(33)17-24-13-12-22(4)29(32)18-24/h7,10-15,18,21,23,25-26,34H,6,8-9,16-17,19-20H2,1-5H3/t23-,25+,26-/m1/s1. The number of esters is 1. The molecule has 0 aromatic heterocycles. The van der Waals surface area contributed by atoms with Crippen LogP contribution < -0.4 is 4.74 Å². The van der Waals surface area contributed by atoms with Crippen molar-refractivity contribution in [2.45, 2.75) is 78.2 Å². The summed E-state index contributed by atoms with van der Waals surface area (Å²) in [6.45, 7) is 11.2. The molecule has 1 heterocycles. The normalized spacial score (nSPS) is 17.7. The van der Waals surface area contributed by atoms with Gasteiger partial charge >= 0.3 is 5.97 Å². The average Bonchev–Trinajstić information content (AvgIpc) is 3.29. The molecule has 6 nitrogen and oxygen atoms in total. The molecule has 3 atom stereocenters. The Labute approximate surface area is 226 Å². The molecular formula is C31H42FNO5. The lowest BCUT2D eigenvalue weighted by atomic mass is 10.0. The van der Waals surface area contributed by atoms with E-state index in [0.29, 0.717) is 24.5 Å². The monoisotopic (exact) mass is 527 g/mol. The van der Waals surface area contributed by atoms with Gasteiger partial charge in [-0.2, -0.15) is 0 Å². The summed E-state index contributed by atoms with van der Waals surface area (Å²) >= 11 is 0. The topological polar surface area (TPSA) is 68.2 Å². The van der Waals surface area contributed by atoms with Gasteiger partial charge in [-0.25, -0.2) is 9.18 Å². The fourth-order valence-corrected chi connectivity index (χ4v) is 4.86. The number of β-amino-alcohol motifs (C(OH)–C–C–N with tert-alkyl or cyclic N) is 1. The summed E-state index contributed by atoms with van der Waals surface area (Å²) in [5.74, 6) is 0.0608. The Morgan fingerprint density at radius 3 is 2.74 bits per heavy atom. The maximum Gasteiger partial charge on any atom is 0.330 e. The van der Waals surface area contributed by atoms with Crippen molar-refractivity contribution in [3.63, 3.8) is 0 Å². The van der Waals surface area contributed by atoms with Gasteiger partial charge < -0.3 is 19.3 Å². The number of hydrogen-bond donors (Lipinski definition) is 1. The molecule has 0 unspecified atom stereocenters. The number of carbonyl (C=O) groups excluding carboxylic acids is 1. The fraction of sp³-hybridized carbons (Fsp3) is 0.516. The minimum absolute atomic E-state index is 0.0390. The van der Waals surface area contributed by atoms with E-state index in [1.807, 2.05) is 51.1 Å². The molecule has 0 radical (unpaired) electrons. The molecule has 3 rings (SSSR count). The largest absolute Gasteiger partial charge is 0.490 e. The van der Waals surface area contributed by atoms with Crippen LogP contribution in [0, 0.1) is 12.7 Å². The third-order valence-electron chi connectivity index (χ3n) is 6.76. The number of benzene rings is 2. The molecule has 0 bridgehead atoms. The molecule has 208 valence electrons. The van der Waals surface area contributed by atoms with Crippen molar-refractivity contribution in [3.8, 4) is 5.75 Å². The molecule has 0 spiro atoms. The van der Waals surface area contributed by atoms with E-state index in [-0.39, 0.29) is 30.7 Å². The minimum Gasteiger partial charge on any atom is -0.490 e. The van der Waals surface area contributed by atoms with E-state index in [9.17, 15) is 14.3 Å². The van der Waals surface area contributed by atoms with Crippen LogP contribution in [-0.4, -0.2) is 60.5 Å². The number of hydrogen-bond acceptors (Lipinski definition) is 6. The molecule has 2 aromatic rings. The van der Waals surface area contributed by atoms with Crippen LogP contribution in [-0.2, 0) is 20.7 Å². The fourth-order valence-electron chi connectivity index (χ4n) is 4.86. The summed E-state index contributed by atoms with van der Waals surface area (Å²) in [6, 6.07) is 11.4. The highest BCUT2D eigenvalue weighted by atomic mass is 19.1. The predicted octanol–water partition coefficient (Wildman–Crippen LogP) is 5.64. The van der Waals surface area contributed by atoms with Gasteiger partial charge in [-0.1, -0.05) is 24.3 Å². The Morgan fingerprint density at radius 2 is 2.03 bits per heavy atom. The molecule has 7 heteroatoms. The molecule has 0 aliphatic carbocycles. The van der Waals surface area contributed by atoms with Crippen LogP contribution in [0.3, 0.4) is 0 Å². The maximum absolute atomic E-state index is 14.0. The first kappa shape index (κ1) is 29.8. The molecule has 1 N–H and O–H groups in total. The second-order valence-electron chi connectivity index (χ2n) is 10.2. The number of aliphatic hydroxyl groups is 1. The number of rotatable bonds is 13. The van der Waals surface area contributed by atoms with E-state index >= 15 is 0 Å². The summed E-state index contributed by atoms with van der Waals surface area (Å²) in [7, 11) is 0. The van der Waals surface area contributed by atoms with Gasteiger partial charge in [0.1, 0.15) is 11.6 Å². The Hall–Kier alpha value is -2.74. The Kier molecular flexibility index (Phi) is 11.3. The average molecular weight is 528 g/mol. The molecule has 1 aliphatic heterocycles. The van der Waals surface area contributed by atoms with Crippen LogP contribution in [0.2, 0.25) is 0 Å². The van der Waals surface area contributed by atoms with E-state index in [4.69, 9.17) is 14.2 Å². The van der Waals surface area contributed by atoms with Crippen LogP contribution in [0.25, 0.3) is 6.08 Å². The highest BCUT2D eigenvalue weighted by molar-refractivity contribution is 5.88. The van der Waals surface area contributed by atoms with Gasteiger partial charge in [0, 0.05) is 24.2 Å². The second-order valence-corrected chi connectivity index (χ2v) is 10.2. The van der Waals surface area contributed by atoms with Crippen LogP contribution in [0.15, 0.2) is 42.5 Å². The van der Waals surface area contributed by atoms with Crippen molar-refractivity contribution in [1.82, 2.24) is 4.90 Å². The van der Waals surface area contributed by atoms with Gasteiger partial charge in [-0.05, 0) is 95.3 Å². The van der Waals surface area contributed by atoms with Crippen molar-refractivity contribution in [2.24, 2.45) is 0 Å². The number of carbonyl (C=O) groups is 1. The SMILES string of the molecule is CCOC(=O)C=Cc1c(OC(C)C)cccc1[C@@H](C)OC[C@H](O)CN1CCC[C@H]1Cc1ccc(C)c(F)c1. The molecule has 1 saturated heterocycles. The summed E-state index contributed by atoms with van der Waals surface area (Å²) in [6.07, 6.45) is 4.89. The summed E-state index contributed by atoms with van der Waals surface area (Å²) in [4.78, 5) is 14.2. The summed E-state index contributed by atoms with van der Waals surface area (Å²) in [5.41, 5.74) is 3.24. The quantitative estimate of drug-likeness (QED) is 0.269. The molecule has 2 aromatic carbocycles. The van der Waals surface area contributed by atoms with Crippen molar-refractivity contribution >= 4 is 12.0 Å². The zero-order chi connectivity index (χ0) is 27.7. The van der Waals surface area contributed by atoms with E-state index in [2.05, 4.69) is 4.90 Å². The Morgan fingerprint density at radius 1 is 1.24 bits per heavy atom. The number of aliphatic hydroxyl groups excluding tert-OH is 1. The van der Waals surface area contributed by atoms with Crippen molar-refractivity contribution in [1.29, 1.82) is 0 Å². The number of halogens is 1. The van der Waals surface area contributed by atoms with Gasteiger partial charge in [0.25, 0.3) is 0 Å². The minimum atomic E-state index is -0.665. The van der Waals surface area contributed by atoms with Crippen molar-refractivity contribution in [3.05, 3.63) is 70.5 Å². The smallest absolute Gasteiger partial charge is 0.330 e. The van der Waals surface area contributed by atoms with Crippen LogP contribution >= 0.6 is 0 Å². The predicted molar refractivity (Wildman–Crippen MR) is 148 cm³/mol. The number of likely N-dealkylation sites (tertiary alicyclic amines) is 1. The number of aryl methyl sites for hydroxylation is 1. The van der Waals surface area contributed by atoms with E-state index in [1.165, 1.54) is 6.08 Å². The van der Waals surface area contributed by atoms with E-state index in [1.54, 1.807) is 26.0 Å². The lowest BCUT2D eigenvalue weighted by Crippen LogP contribution is -2.39. The third-order valence-corrected chi connectivity index (χ3v) is 6.76. The Bertz CT molecular complexity index is 1090. The molecule has 38 heavy (non-hydrogen) atoms.